The third-order valence-electron chi connectivity index (χ3n) is 2.92. The molecule has 0 aromatic heterocycles. The zero-order chi connectivity index (χ0) is 17.4. The van der Waals surface area contributed by atoms with Crippen LogP contribution < -0.4 is 15.5 Å². The molecule has 8 heteroatoms. The molecule has 2 rings (SSSR count). The quantitative estimate of drug-likeness (QED) is 0.362. The van der Waals surface area contributed by atoms with E-state index in [2.05, 4.69) is 15.8 Å². The molecule has 0 bridgehead atoms. The number of rotatable bonds is 6. The normalized spacial score (nSPS) is 10.4. The van der Waals surface area contributed by atoms with Crippen molar-refractivity contribution in [3.05, 3.63) is 64.2 Å². The summed E-state index contributed by atoms with van der Waals surface area (Å²) in [4.78, 5) is 10.5. The zero-order valence-electron chi connectivity index (χ0n) is 12.9. The lowest BCUT2D eigenvalue weighted by atomic mass is 10.2. The van der Waals surface area contributed by atoms with Crippen LogP contribution in [0.25, 0.3) is 0 Å². The van der Waals surface area contributed by atoms with E-state index >= 15 is 0 Å². The van der Waals surface area contributed by atoms with Crippen molar-refractivity contribution in [3.63, 3.8) is 0 Å². The number of anilines is 1. The minimum Gasteiger partial charge on any atom is -0.494 e. The first-order chi connectivity index (χ1) is 11.6. The van der Waals surface area contributed by atoms with Crippen LogP contribution in [0.5, 0.6) is 5.75 Å². The van der Waals surface area contributed by atoms with Crippen molar-refractivity contribution >= 4 is 34.9 Å². The molecule has 2 N–H and O–H groups in total. The van der Waals surface area contributed by atoms with E-state index in [1.165, 1.54) is 6.07 Å². The number of hydrazone groups is 1. The molecule has 0 spiro atoms. The number of hydrogen-bond donors (Lipinski definition) is 2. The van der Waals surface area contributed by atoms with Gasteiger partial charge in [0, 0.05) is 6.07 Å². The van der Waals surface area contributed by atoms with Gasteiger partial charge < -0.3 is 10.1 Å². The van der Waals surface area contributed by atoms with Gasteiger partial charge in [-0.2, -0.15) is 5.10 Å². The maximum Gasteiger partial charge on any atom is 0.292 e. The van der Waals surface area contributed by atoms with Crippen molar-refractivity contribution < 1.29 is 9.66 Å². The molecular formula is C16H16N4O3S. The van der Waals surface area contributed by atoms with E-state index in [1.54, 1.807) is 24.4 Å². The van der Waals surface area contributed by atoms with Crippen LogP contribution in [0.15, 0.2) is 53.6 Å². The van der Waals surface area contributed by atoms with Gasteiger partial charge in [-0.1, -0.05) is 12.1 Å². The van der Waals surface area contributed by atoms with Crippen LogP contribution in [0.4, 0.5) is 11.4 Å². The van der Waals surface area contributed by atoms with Gasteiger partial charge in [-0.25, -0.2) is 0 Å². The fraction of sp³-hybridized carbons (Fsp3) is 0.125. The van der Waals surface area contributed by atoms with Crippen LogP contribution in [0.1, 0.15) is 12.5 Å². The first-order valence-corrected chi connectivity index (χ1v) is 7.57. The van der Waals surface area contributed by atoms with Gasteiger partial charge in [0.05, 0.1) is 17.7 Å². The third-order valence-corrected chi connectivity index (χ3v) is 3.11. The molecular weight excluding hydrogens is 328 g/mol. The SMILES string of the molecule is CCOc1ccc(/C=N\NC(=S)Nc2ccccc2[N+](=O)[O-])cc1. The van der Waals surface area contributed by atoms with E-state index in [0.717, 1.165) is 11.3 Å². The Morgan fingerprint density at radius 2 is 2.00 bits per heavy atom. The smallest absolute Gasteiger partial charge is 0.292 e. The number of nitro groups is 1. The van der Waals surface area contributed by atoms with Gasteiger partial charge in [-0.05, 0) is 55.0 Å². The first kappa shape index (κ1) is 17.4. The van der Waals surface area contributed by atoms with Gasteiger partial charge in [0.15, 0.2) is 5.11 Å². The van der Waals surface area contributed by atoms with E-state index in [1.807, 2.05) is 31.2 Å². The van der Waals surface area contributed by atoms with Gasteiger partial charge in [-0.3, -0.25) is 15.5 Å². The Balaban J connectivity index is 1.92. The highest BCUT2D eigenvalue weighted by atomic mass is 32.1. The Labute approximate surface area is 144 Å². The summed E-state index contributed by atoms with van der Waals surface area (Å²) in [6.07, 6.45) is 1.59. The van der Waals surface area contributed by atoms with Crippen LogP contribution >= 0.6 is 12.2 Å². The second kappa shape index (κ2) is 8.59. The number of hydrogen-bond acceptors (Lipinski definition) is 5. The first-order valence-electron chi connectivity index (χ1n) is 7.16. The molecule has 0 unspecified atom stereocenters. The number of nitro benzene ring substituents is 1. The van der Waals surface area contributed by atoms with Gasteiger partial charge in [-0.15, -0.1) is 0 Å². The minimum absolute atomic E-state index is 0.0582. The zero-order valence-corrected chi connectivity index (χ0v) is 13.7. The standard InChI is InChI=1S/C16H16N4O3S/c1-2-23-13-9-7-12(8-10-13)11-17-19-16(24)18-14-5-3-4-6-15(14)20(21)22/h3-11H,2H2,1H3,(H2,18,19,24)/b17-11-. The molecule has 2 aromatic rings. The molecule has 2 aromatic carbocycles. The molecule has 0 amide bonds. The van der Waals surface area contributed by atoms with Crippen molar-refractivity contribution in [1.82, 2.24) is 5.43 Å². The Morgan fingerprint density at radius 1 is 1.29 bits per heavy atom. The lowest BCUT2D eigenvalue weighted by Gasteiger charge is -2.07. The lowest BCUT2D eigenvalue weighted by Crippen LogP contribution is -2.24. The number of nitrogens with zero attached hydrogens (tertiary/aromatic N) is 2. The molecule has 24 heavy (non-hydrogen) atoms. The number of benzene rings is 2. The summed E-state index contributed by atoms with van der Waals surface area (Å²) in [6, 6.07) is 13.6. The predicted octanol–water partition coefficient (Wildman–Crippen LogP) is 3.31. The van der Waals surface area contributed by atoms with Crippen LogP contribution in [0.3, 0.4) is 0 Å². The van der Waals surface area contributed by atoms with Crippen molar-refractivity contribution in [2.75, 3.05) is 11.9 Å². The molecule has 0 atom stereocenters. The fourth-order valence-electron chi connectivity index (χ4n) is 1.87. The number of nitrogens with one attached hydrogen (secondary N) is 2. The van der Waals surface area contributed by atoms with Gasteiger partial charge >= 0.3 is 0 Å². The average molecular weight is 344 g/mol. The number of thiocarbonyl (C=S) groups is 1. The maximum atomic E-state index is 10.9. The molecule has 0 fully saturated rings. The summed E-state index contributed by atoms with van der Waals surface area (Å²) in [5.74, 6) is 0.788. The van der Waals surface area contributed by atoms with E-state index in [0.29, 0.717) is 12.3 Å². The second-order valence-electron chi connectivity index (χ2n) is 4.60. The lowest BCUT2D eigenvalue weighted by molar-refractivity contribution is -0.383. The molecule has 0 saturated heterocycles. The van der Waals surface area contributed by atoms with Crippen LogP contribution in [-0.4, -0.2) is 22.9 Å². The Bertz CT molecular complexity index is 747. The van der Waals surface area contributed by atoms with Crippen molar-refractivity contribution in [2.24, 2.45) is 5.10 Å². The topological polar surface area (TPSA) is 88.8 Å². The Kier molecular flexibility index (Phi) is 6.21. The Morgan fingerprint density at radius 3 is 2.67 bits per heavy atom. The molecule has 124 valence electrons. The van der Waals surface area contributed by atoms with Gasteiger partial charge in [0.1, 0.15) is 11.4 Å². The number of para-hydroxylation sites is 2. The summed E-state index contributed by atoms with van der Waals surface area (Å²) in [5.41, 5.74) is 3.73. The molecule has 0 aliphatic rings. The molecule has 7 nitrogen and oxygen atoms in total. The van der Waals surface area contributed by atoms with Gasteiger partial charge in [0.2, 0.25) is 0 Å². The van der Waals surface area contributed by atoms with E-state index in [9.17, 15) is 10.1 Å². The summed E-state index contributed by atoms with van der Waals surface area (Å²) in [6.45, 7) is 2.53. The second-order valence-corrected chi connectivity index (χ2v) is 5.01. The minimum atomic E-state index is -0.478. The van der Waals surface area contributed by atoms with E-state index < -0.39 is 4.92 Å². The summed E-state index contributed by atoms with van der Waals surface area (Å²) >= 11 is 5.07. The number of ether oxygens (including phenoxy) is 1. The van der Waals surface area contributed by atoms with E-state index in [-0.39, 0.29) is 10.8 Å². The highest BCUT2D eigenvalue weighted by molar-refractivity contribution is 7.80. The largest absolute Gasteiger partial charge is 0.494 e. The third kappa shape index (κ3) is 5.03. The summed E-state index contributed by atoms with van der Waals surface area (Å²) < 4.78 is 5.35. The maximum absolute atomic E-state index is 10.9. The average Bonchev–Trinajstić information content (AvgIpc) is 2.57. The summed E-state index contributed by atoms with van der Waals surface area (Å²) in [7, 11) is 0. The van der Waals surface area contributed by atoms with Crippen LogP contribution in [0, 0.1) is 10.1 Å². The molecule has 0 aliphatic heterocycles. The van der Waals surface area contributed by atoms with Crippen LogP contribution in [-0.2, 0) is 0 Å². The molecule has 0 saturated carbocycles. The molecule has 0 aliphatic carbocycles. The van der Waals surface area contributed by atoms with Crippen molar-refractivity contribution in [1.29, 1.82) is 0 Å². The molecule has 0 radical (unpaired) electrons. The van der Waals surface area contributed by atoms with Crippen molar-refractivity contribution in [2.45, 2.75) is 6.92 Å². The predicted molar refractivity (Wildman–Crippen MR) is 97.7 cm³/mol. The fourth-order valence-corrected chi connectivity index (χ4v) is 2.03. The van der Waals surface area contributed by atoms with E-state index in [4.69, 9.17) is 17.0 Å². The monoisotopic (exact) mass is 344 g/mol. The Hall–Kier alpha value is -3.00. The molecule has 0 heterocycles. The van der Waals surface area contributed by atoms with Gasteiger partial charge in [0.25, 0.3) is 5.69 Å². The highest BCUT2D eigenvalue weighted by Crippen LogP contribution is 2.22. The van der Waals surface area contributed by atoms with Crippen LogP contribution in [0.2, 0.25) is 0 Å². The summed E-state index contributed by atoms with van der Waals surface area (Å²) in [5, 5.41) is 17.8. The highest BCUT2D eigenvalue weighted by Gasteiger charge is 2.12. The van der Waals surface area contributed by atoms with Crippen molar-refractivity contribution in [3.8, 4) is 5.75 Å².